The maximum Gasteiger partial charge on any atom is 0.434 e. The first kappa shape index (κ1) is 17.0. The number of pyridine rings is 1. The number of aromatic nitrogens is 1. The number of hydrogen-bond donors (Lipinski definition) is 2. The Balaban J connectivity index is 1.97. The molecule has 122 valence electrons. The molecular formula is C16H15F3N2O2. The molecule has 0 saturated heterocycles. The third-order valence-electron chi connectivity index (χ3n) is 3.23. The Morgan fingerprint density at radius 3 is 2.39 bits per heavy atom. The van der Waals surface area contributed by atoms with Gasteiger partial charge in [0.1, 0.15) is 0 Å². The number of hydrogen-bond acceptors (Lipinski definition) is 3. The van der Waals surface area contributed by atoms with E-state index in [1.54, 1.807) is 24.3 Å². The van der Waals surface area contributed by atoms with Crippen molar-refractivity contribution in [1.82, 2.24) is 10.3 Å². The third kappa shape index (κ3) is 4.53. The standard InChI is InChI=1S/C16H15F3N2O2/c17-16(18,19)14-13(2-1-8-20-14)15(23)21-9-7-11-3-5-12(10-22)6-4-11/h1-6,8,22H,7,9-10H2,(H,21,23). The van der Waals surface area contributed by atoms with Crippen LogP contribution in [0.15, 0.2) is 42.6 Å². The van der Waals surface area contributed by atoms with Crippen LogP contribution in [0.4, 0.5) is 13.2 Å². The van der Waals surface area contributed by atoms with Gasteiger partial charge in [0.2, 0.25) is 0 Å². The second kappa shape index (κ2) is 7.23. The van der Waals surface area contributed by atoms with Crippen LogP contribution in [0.25, 0.3) is 0 Å². The third-order valence-corrected chi connectivity index (χ3v) is 3.23. The van der Waals surface area contributed by atoms with Crippen molar-refractivity contribution in [3.05, 3.63) is 65.0 Å². The van der Waals surface area contributed by atoms with Gasteiger partial charge in [-0.05, 0) is 29.7 Å². The highest BCUT2D eigenvalue weighted by molar-refractivity contribution is 5.95. The molecule has 2 rings (SSSR count). The number of aliphatic hydroxyl groups excluding tert-OH is 1. The van der Waals surface area contributed by atoms with Crippen LogP contribution in [-0.4, -0.2) is 22.5 Å². The van der Waals surface area contributed by atoms with Crippen LogP contribution in [0.3, 0.4) is 0 Å². The van der Waals surface area contributed by atoms with Gasteiger partial charge in [-0.3, -0.25) is 9.78 Å². The Labute approximate surface area is 131 Å². The normalized spacial score (nSPS) is 11.3. The van der Waals surface area contributed by atoms with Crippen molar-refractivity contribution in [3.63, 3.8) is 0 Å². The molecule has 0 saturated carbocycles. The zero-order valence-corrected chi connectivity index (χ0v) is 12.1. The lowest BCUT2D eigenvalue weighted by Gasteiger charge is -2.11. The monoisotopic (exact) mass is 324 g/mol. The van der Waals surface area contributed by atoms with Gasteiger partial charge < -0.3 is 10.4 Å². The van der Waals surface area contributed by atoms with E-state index in [1.165, 1.54) is 6.07 Å². The molecular weight excluding hydrogens is 309 g/mol. The molecule has 0 unspecified atom stereocenters. The highest BCUT2D eigenvalue weighted by Gasteiger charge is 2.36. The SMILES string of the molecule is O=C(NCCc1ccc(CO)cc1)c1cccnc1C(F)(F)F. The molecule has 1 heterocycles. The first-order chi connectivity index (χ1) is 10.9. The summed E-state index contributed by atoms with van der Waals surface area (Å²) in [6, 6.07) is 9.48. The highest BCUT2D eigenvalue weighted by Crippen LogP contribution is 2.29. The van der Waals surface area contributed by atoms with E-state index in [0.29, 0.717) is 6.42 Å². The van der Waals surface area contributed by atoms with E-state index < -0.39 is 23.3 Å². The van der Waals surface area contributed by atoms with Crippen LogP contribution in [-0.2, 0) is 19.2 Å². The molecule has 0 aliphatic carbocycles. The molecule has 0 radical (unpaired) electrons. The maximum absolute atomic E-state index is 12.8. The van der Waals surface area contributed by atoms with Crippen molar-refractivity contribution in [2.24, 2.45) is 0 Å². The quantitative estimate of drug-likeness (QED) is 0.888. The summed E-state index contributed by atoms with van der Waals surface area (Å²) in [5.74, 6) is -0.808. The molecule has 0 spiro atoms. The van der Waals surface area contributed by atoms with Gasteiger partial charge in [0.15, 0.2) is 5.69 Å². The van der Waals surface area contributed by atoms with Gasteiger partial charge in [-0.25, -0.2) is 0 Å². The fourth-order valence-electron chi connectivity index (χ4n) is 2.04. The van der Waals surface area contributed by atoms with Crippen LogP contribution in [0.2, 0.25) is 0 Å². The van der Waals surface area contributed by atoms with Crippen LogP contribution in [0.5, 0.6) is 0 Å². The lowest BCUT2D eigenvalue weighted by molar-refractivity contribution is -0.141. The number of alkyl halides is 3. The number of carbonyl (C=O) groups is 1. The Morgan fingerprint density at radius 1 is 1.13 bits per heavy atom. The second-order valence-corrected chi connectivity index (χ2v) is 4.88. The van der Waals surface area contributed by atoms with Gasteiger partial charge in [-0.1, -0.05) is 24.3 Å². The van der Waals surface area contributed by atoms with Crippen molar-refractivity contribution in [2.45, 2.75) is 19.2 Å². The molecule has 2 aromatic rings. The highest BCUT2D eigenvalue weighted by atomic mass is 19.4. The van der Waals surface area contributed by atoms with Crippen molar-refractivity contribution in [1.29, 1.82) is 0 Å². The van der Waals surface area contributed by atoms with E-state index in [-0.39, 0.29) is 13.2 Å². The predicted molar refractivity (Wildman–Crippen MR) is 77.6 cm³/mol. The van der Waals surface area contributed by atoms with Crippen molar-refractivity contribution < 1.29 is 23.1 Å². The van der Waals surface area contributed by atoms with E-state index in [0.717, 1.165) is 23.4 Å². The zero-order valence-electron chi connectivity index (χ0n) is 12.1. The minimum absolute atomic E-state index is 0.0573. The molecule has 0 fully saturated rings. The Kier molecular flexibility index (Phi) is 5.33. The van der Waals surface area contributed by atoms with Gasteiger partial charge in [0.25, 0.3) is 5.91 Å². The van der Waals surface area contributed by atoms with Crippen LogP contribution < -0.4 is 5.32 Å². The minimum atomic E-state index is -4.67. The lowest BCUT2D eigenvalue weighted by Crippen LogP contribution is -2.28. The average molecular weight is 324 g/mol. The number of amides is 1. The van der Waals surface area contributed by atoms with E-state index in [9.17, 15) is 18.0 Å². The number of aliphatic hydroxyl groups is 1. The fraction of sp³-hybridized carbons (Fsp3) is 0.250. The number of nitrogens with zero attached hydrogens (tertiary/aromatic N) is 1. The molecule has 1 aromatic carbocycles. The summed E-state index contributed by atoms with van der Waals surface area (Å²) in [5.41, 5.74) is -0.00637. The molecule has 4 nitrogen and oxygen atoms in total. The average Bonchev–Trinajstić information content (AvgIpc) is 2.54. The number of nitrogens with one attached hydrogen (secondary N) is 1. The Bertz CT molecular complexity index is 670. The van der Waals surface area contributed by atoms with Crippen LogP contribution >= 0.6 is 0 Å². The second-order valence-electron chi connectivity index (χ2n) is 4.88. The maximum atomic E-state index is 12.8. The van der Waals surface area contributed by atoms with Gasteiger partial charge in [-0.2, -0.15) is 13.2 Å². The molecule has 0 aliphatic rings. The van der Waals surface area contributed by atoms with E-state index in [1.807, 2.05) is 0 Å². The molecule has 0 atom stereocenters. The largest absolute Gasteiger partial charge is 0.434 e. The van der Waals surface area contributed by atoms with Crippen LogP contribution in [0, 0.1) is 0 Å². The zero-order chi connectivity index (χ0) is 16.9. The topological polar surface area (TPSA) is 62.2 Å². The molecule has 1 aromatic heterocycles. The summed E-state index contributed by atoms with van der Waals surface area (Å²) in [7, 11) is 0. The molecule has 1 amide bonds. The summed E-state index contributed by atoms with van der Waals surface area (Å²) < 4.78 is 38.4. The van der Waals surface area contributed by atoms with Crippen LogP contribution in [0.1, 0.15) is 27.2 Å². The van der Waals surface area contributed by atoms with Gasteiger partial charge in [-0.15, -0.1) is 0 Å². The predicted octanol–water partition coefficient (Wildman–Crippen LogP) is 2.57. The molecule has 23 heavy (non-hydrogen) atoms. The molecule has 7 heteroatoms. The Morgan fingerprint density at radius 2 is 1.78 bits per heavy atom. The van der Waals surface area contributed by atoms with Crippen molar-refractivity contribution >= 4 is 5.91 Å². The molecule has 0 aliphatic heterocycles. The fourth-order valence-corrected chi connectivity index (χ4v) is 2.04. The number of carbonyl (C=O) groups excluding carboxylic acids is 1. The van der Waals surface area contributed by atoms with Crippen molar-refractivity contribution in [2.75, 3.05) is 6.54 Å². The van der Waals surface area contributed by atoms with E-state index in [2.05, 4.69) is 10.3 Å². The summed E-state index contributed by atoms with van der Waals surface area (Å²) in [6.07, 6.45) is -3.20. The van der Waals surface area contributed by atoms with Gasteiger partial charge >= 0.3 is 6.18 Å². The first-order valence-corrected chi connectivity index (χ1v) is 6.91. The summed E-state index contributed by atoms with van der Waals surface area (Å²) in [6.45, 7) is 0.141. The summed E-state index contributed by atoms with van der Waals surface area (Å²) in [5, 5.41) is 11.4. The van der Waals surface area contributed by atoms with E-state index >= 15 is 0 Å². The smallest absolute Gasteiger partial charge is 0.392 e. The van der Waals surface area contributed by atoms with Crippen molar-refractivity contribution in [3.8, 4) is 0 Å². The van der Waals surface area contributed by atoms with E-state index in [4.69, 9.17) is 5.11 Å². The minimum Gasteiger partial charge on any atom is -0.392 e. The lowest BCUT2D eigenvalue weighted by atomic mass is 10.1. The first-order valence-electron chi connectivity index (χ1n) is 6.91. The number of halogens is 3. The molecule has 0 bridgehead atoms. The molecule has 2 N–H and O–H groups in total. The number of rotatable bonds is 5. The Hall–Kier alpha value is -2.41. The summed E-state index contributed by atoms with van der Waals surface area (Å²) >= 11 is 0. The van der Waals surface area contributed by atoms with Gasteiger partial charge in [0, 0.05) is 12.7 Å². The number of benzene rings is 1. The van der Waals surface area contributed by atoms with Gasteiger partial charge in [0.05, 0.1) is 12.2 Å². The summed E-state index contributed by atoms with van der Waals surface area (Å²) in [4.78, 5) is 15.2.